The third kappa shape index (κ3) is 4.13. The van der Waals surface area contributed by atoms with E-state index in [2.05, 4.69) is 15.3 Å². The summed E-state index contributed by atoms with van der Waals surface area (Å²) in [5.41, 5.74) is 3.40. The van der Waals surface area contributed by atoms with Gasteiger partial charge in [0.05, 0.1) is 12.3 Å². The van der Waals surface area contributed by atoms with Crippen LogP contribution in [0.2, 0.25) is 0 Å². The SMILES string of the molecule is O=C(CSc1nc(=O)n(Cc2cccnc2)c2c1CCC2)Nc1ccc2c(c1)OCO2. The van der Waals surface area contributed by atoms with Gasteiger partial charge in [-0.05, 0) is 43.0 Å². The molecule has 1 N–H and O–H groups in total. The smallest absolute Gasteiger partial charge is 0.349 e. The molecule has 31 heavy (non-hydrogen) atoms. The number of hydrogen-bond acceptors (Lipinski definition) is 7. The average Bonchev–Trinajstić information content (AvgIpc) is 3.44. The fraction of sp³-hybridized carbons (Fsp3) is 0.273. The molecule has 0 atom stereocenters. The van der Waals surface area contributed by atoms with Crippen molar-refractivity contribution in [1.29, 1.82) is 0 Å². The van der Waals surface area contributed by atoms with Crippen molar-refractivity contribution in [1.82, 2.24) is 14.5 Å². The highest BCUT2D eigenvalue weighted by Gasteiger charge is 2.23. The Hall–Kier alpha value is -3.33. The summed E-state index contributed by atoms with van der Waals surface area (Å²) in [6.45, 7) is 0.642. The molecular formula is C22H20N4O4S. The Morgan fingerprint density at radius 1 is 1.19 bits per heavy atom. The summed E-state index contributed by atoms with van der Waals surface area (Å²) >= 11 is 1.30. The number of aromatic nitrogens is 3. The monoisotopic (exact) mass is 436 g/mol. The lowest BCUT2D eigenvalue weighted by molar-refractivity contribution is -0.113. The molecule has 9 heteroatoms. The Labute approximate surface area is 182 Å². The first kappa shape index (κ1) is 19.6. The highest BCUT2D eigenvalue weighted by atomic mass is 32.2. The normalized spacial score (nSPS) is 13.8. The molecule has 1 aliphatic heterocycles. The quantitative estimate of drug-likeness (QED) is 0.469. The molecule has 5 rings (SSSR count). The van der Waals surface area contributed by atoms with E-state index in [0.717, 1.165) is 36.1 Å². The van der Waals surface area contributed by atoms with Gasteiger partial charge >= 0.3 is 5.69 Å². The Kier molecular flexibility index (Phi) is 5.33. The van der Waals surface area contributed by atoms with Crippen LogP contribution in [-0.2, 0) is 24.2 Å². The summed E-state index contributed by atoms with van der Waals surface area (Å²) < 4.78 is 12.4. The molecule has 2 aliphatic rings. The van der Waals surface area contributed by atoms with Crippen molar-refractivity contribution < 1.29 is 14.3 Å². The topological polar surface area (TPSA) is 95.3 Å². The summed E-state index contributed by atoms with van der Waals surface area (Å²) in [6, 6.07) is 9.08. The van der Waals surface area contributed by atoms with Crippen LogP contribution in [-0.4, -0.2) is 33.0 Å². The zero-order chi connectivity index (χ0) is 21.2. The van der Waals surface area contributed by atoms with Gasteiger partial charge in [0.1, 0.15) is 5.03 Å². The fourth-order valence-corrected chi connectivity index (χ4v) is 4.72. The number of carbonyl (C=O) groups is 1. The standard InChI is InChI=1S/C22H20N4O4S/c27-20(24-15-6-7-18-19(9-15)30-13-29-18)12-31-21-16-4-1-5-17(16)26(22(28)25-21)11-14-3-2-8-23-10-14/h2-3,6-10H,1,4-5,11-13H2,(H,24,27). The molecule has 1 amide bonds. The Balaban J connectivity index is 1.29. The maximum atomic E-state index is 12.7. The molecule has 3 aromatic rings. The number of pyridine rings is 1. The van der Waals surface area contributed by atoms with E-state index < -0.39 is 0 Å². The second-order valence-electron chi connectivity index (χ2n) is 7.33. The van der Waals surface area contributed by atoms with Gasteiger partial charge in [-0.15, -0.1) is 0 Å². The van der Waals surface area contributed by atoms with Crippen LogP contribution in [0.4, 0.5) is 5.69 Å². The predicted octanol–water partition coefficient (Wildman–Crippen LogP) is 2.63. The molecule has 8 nitrogen and oxygen atoms in total. The van der Waals surface area contributed by atoms with Gasteiger partial charge in [-0.1, -0.05) is 17.8 Å². The molecule has 0 spiro atoms. The van der Waals surface area contributed by atoms with E-state index in [1.807, 2.05) is 12.1 Å². The van der Waals surface area contributed by atoms with Gasteiger partial charge in [-0.3, -0.25) is 14.3 Å². The minimum Gasteiger partial charge on any atom is -0.454 e. The minimum atomic E-state index is -0.289. The first-order chi connectivity index (χ1) is 15.2. The maximum absolute atomic E-state index is 12.7. The van der Waals surface area contributed by atoms with E-state index in [9.17, 15) is 9.59 Å². The highest BCUT2D eigenvalue weighted by molar-refractivity contribution is 8.00. The van der Waals surface area contributed by atoms with E-state index in [1.165, 1.54) is 11.8 Å². The first-order valence-corrected chi connectivity index (χ1v) is 11.0. The fourth-order valence-electron chi connectivity index (χ4n) is 3.85. The molecule has 0 saturated carbocycles. The van der Waals surface area contributed by atoms with Crippen molar-refractivity contribution >= 4 is 23.4 Å². The van der Waals surface area contributed by atoms with Crippen molar-refractivity contribution in [3.8, 4) is 11.5 Å². The number of amides is 1. The molecular weight excluding hydrogens is 416 g/mol. The molecule has 1 aromatic carbocycles. The summed E-state index contributed by atoms with van der Waals surface area (Å²) in [4.78, 5) is 33.6. The molecule has 0 bridgehead atoms. The molecule has 0 unspecified atom stereocenters. The third-order valence-electron chi connectivity index (χ3n) is 5.26. The highest BCUT2D eigenvalue weighted by Crippen LogP contribution is 2.34. The van der Waals surface area contributed by atoms with Crippen LogP contribution in [0.15, 0.2) is 52.5 Å². The molecule has 2 aromatic heterocycles. The molecule has 0 fully saturated rings. The minimum absolute atomic E-state index is 0.167. The van der Waals surface area contributed by atoms with E-state index in [1.54, 1.807) is 35.2 Å². The largest absolute Gasteiger partial charge is 0.454 e. The number of nitrogens with one attached hydrogen (secondary N) is 1. The molecule has 0 radical (unpaired) electrons. The Bertz CT molecular complexity index is 1200. The summed E-state index contributed by atoms with van der Waals surface area (Å²) in [5, 5.41) is 3.51. The first-order valence-electron chi connectivity index (χ1n) is 10.0. The van der Waals surface area contributed by atoms with E-state index in [4.69, 9.17) is 9.47 Å². The number of ether oxygens (including phenoxy) is 2. The number of benzene rings is 1. The Morgan fingerprint density at radius 2 is 2.10 bits per heavy atom. The van der Waals surface area contributed by atoms with Gasteiger partial charge in [-0.2, -0.15) is 4.98 Å². The van der Waals surface area contributed by atoms with E-state index >= 15 is 0 Å². The summed E-state index contributed by atoms with van der Waals surface area (Å²) in [7, 11) is 0. The van der Waals surface area contributed by atoms with Crippen molar-refractivity contribution in [2.24, 2.45) is 0 Å². The van der Waals surface area contributed by atoms with Crippen molar-refractivity contribution in [3.63, 3.8) is 0 Å². The van der Waals surface area contributed by atoms with E-state index in [0.29, 0.717) is 28.8 Å². The third-order valence-corrected chi connectivity index (χ3v) is 6.28. The van der Waals surface area contributed by atoms with Gasteiger partial charge < -0.3 is 14.8 Å². The number of nitrogens with zero attached hydrogens (tertiary/aromatic N) is 3. The van der Waals surface area contributed by atoms with Crippen LogP contribution in [0.1, 0.15) is 23.2 Å². The lowest BCUT2D eigenvalue weighted by Gasteiger charge is -2.14. The van der Waals surface area contributed by atoms with Gasteiger partial charge in [0, 0.05) is 35.4 Å². The van der Waals surface area contributed by atoms with Crippen molar-refractivity contribution in [2.75, 3.05) is 17.9 Å². The number of anilines is 1. The number of fused-ring (bicyclic) bond motifs is 2. The van der Waals surface area contributed by atoms with Crippen LogP contribution in [0.25, 0.3) is 0 Å². The summed E-state index contributed by atoms with van der Waals surface area (Å²) in [6.07, 6.45) is 6.15. The molecule has 158 valence electrons. The summed E-state index contributed by atoms with van der Waals surface area (Å²) in [5.74, 6) is 1.28. The van der Waals surface area contributed by atoms with Gasteiger partial charge in [-0.25, -0.2) is 4.79 Å². The van der Waals surface area contributed by atoms with E-state index in [-0.39, 0.29) is 24.1 Å². The molecule has 1 aliphatic carbocycles. The zero-order valence-corrected chi connectivity index (χ0v) is 17.5. The van der Waals surface area contributed by atoms with Crippen LogP contribution < -0.4 is 20.5 Å². The van der Waals surface area contributed by atoms with Gasteiger partial charge in [0.2, 0.25) is 12.7 Å². The Morgan fingerprint density at radius 3 is 2.97 bits per heavy atom. The van der Waals surface area contributed by atoms with Gasteiger partial charge in [0.15, 0.2) is 11.5 Å². The predicted molar refractivity (Wildman–Crippen MR) is 116 cm³/mol. The van der Waals surface area contributed by atoms with Crippen LogP contribution in [0, 0.1) is 0 Å². The van der Waals surface area contributed by atoms with Crippen LogP contribution in [0.3, 0.4) is 0 Å². The number of carbonyl (C=O) groups excluding carboxylic acids is 1. The second-order valence-corrected chi connectivity index (χ2v) is 8.29. The number of hydrogen-bond donors (Lipinski definition) is 1. The molecule has 3 heterocycles. The average molecular weight is 436 g/mol. The van der Waals surface area contributed by atoms with Gasteiger partial charge in [0.25, 0.3) is 0 Å². The van der Waals surface area contributed by atoms with Crippen molar-refractivity contribution in [3.05, 3.63) is 70.0 Å². The lowest BCUT2D eigenvalue weighted by Crippen LogP contribution is -2.28. The maximum Gasteiger partial charge on any atom is 0.349 e. The number of thioether (sulfide) groups is 1. The second kappa shape index (κ2) is 8.43. The molecule has 0 saturated heterocycles. The lowest BCUT2D eigenvalue weighted by atomic mass is 10.2. The van der Waals surface area contributed by atoms with Crippen LogP contribution >= 0.6 is 11.8 Å². The zero-order valence-electron chi connectivity index (χ0n) is 16.7. The number of rotatable bonds is 6. The van der Waals surface area contributed by atoms with Crippen molar-refractivity contribution in [2.45, 2.75) is 30.8 Å². The van der Waals surface area contributed by atoms with Crippen LogP contribution in [0.5, 0.6) is 11.5 Å².